The Labute approximate surface area is 137 Å². The minimum Gasteiger partial charge on any atom is -0.481 e. The van der Waals surface area contributed by atoms with E-state index >= 15 is 0 Å². The summed E-state index contributed by atoms with van der Waals surface area (Å²) < 4.78 is 21.2. The zero-order chi connectivity index (χ0) is 15.5. The van der Waals surface area contributed by atoms with Crippen molar-refractivity contribution in [3.05, 3.63) is 52.0 Å². The van der Waals surface area contributed by atoms with Crippen molar-refractivity contribution in [1.29, 1.82) is 0 Å². The van der Waals surface area contributed by atoms with Crippen LogP contribution < -0.4 is 10.1 Å². The number of imidazole rings is 1. The van der Waals surface area contributed by atoms with Gasteiger partial charge in [-0.3, -0.25) is 9.20 Å². The van der Waals surface area contributed by atoms with Gasteiger partial charge in [0.2, 0.25) is 0 Å². The summed E-state index contributed by atoms with van der Waals surface area (Å²) in [5, 5.41) is 4.62. The maximum atomic E-state index is 13.5. The molecule has 3 aromatic rings. The second-order valence-electron chi connectivity index (χ2n) is 4.47. The highest BCUT2D eigenvalue weighted by atomic mass is 79.9. The fourth-order valence-corrected chi connectivity index (χ4v) is 2.89. The summed E-state index contributed by atoms with van der Waals surface area (Å²) >= 11 is 4.68. The zero-order valence-corrected chi connectivity index (χ0v) is 13.7. The molecule has 0 radical (unpaired) electrons. The Balaban J connectivity index is 1.51. The first-order valence-corrected chi connectivity index (χ1v) is 8.05. The summed E-state index contributed by atoms with van der Waals surface area (Å²) in [6.45, 7) is 0.0557. The van der Waals surface area contributed by atoms with Crippen LogP contribution in [0.5, 0.6) is 5.75 Å². The van der Waals surface area contributed by atoms with Gasteiger partial charge in [0.25, 0.3) is 5.91 Å². The summed E-state index contributed by atoms with van der Waals surface area (Å²) in [4.78, 5) is 16.9. The van der Waals surface area contributed by atoms with Crippen molar-refractivity contribution in [2.75, 3.05) is 6.61 Å². The van der Waals surface area contributed by atoms with E-state index in [9.17, 15) is 9.18 Å². The monoisotopic (exact) mass is 383 g/mol. The van der Waals surface area contributed by atoms with Crippen LogP contribution in [0.15, 0.2) is 40.4 Å². The van der Waals surface area contributed by atoms with Crippen LogP contribution >= 0.6 is 27.3 Å². The van der Waals surface area contributed by atoms with Gasteiger partial charge in [0, 0.05) is 22.2 Å². The Morgan fingerprint density at radius 3 is 3.14 bits per heavy atom. The molecule has 0 unspecified atom stereocenters. The molecule has 1 aromatic carbocycles. The van der Waals surface area contributed by atoms with Crippen molar-refractivity contribution >= 4 is 38.1 Å². The molecule has 2 heterocycles. The van der Waals surface area contributed by atoms with E-state index in [4.69, 9.17) is 4.74 Å². The standard InChI is InChI=1S/C14H11BrFN3O2S/c15-9-1-2-12(11(16)5-9)21-8-13(20)17-6-10-7-19-3-4-22-14(19)18-10/h1-5,7H,6,8H2,(H,17,20). The highest BCUT2D eigenvalue weighted by Crippen LogP contribution is 2.21. The maximum absolute atomic E-state index is 13.5. The number of thiazole rings is 1. The van der Waals surface area contributed by atoms with Crippen molar-refractivity contribution in [2.24, 2.45) is 0 Å². The Kier molecular flexibility index (Phi) is 4.39. The first-order chi connectivity index (χ1) is 10.6. The lowest BCUT2D eigenvalue weighted by Gasteiger charge is -2.07. The van der Waals surface area contributed by atoms with Gasteiger partial charge in [-0.15, -0.1) is 11.3 Å². The van der Waals surface area contributed by atoms with Gasteiger partial charge in [-0.25, -0.2) is 9.37 Å². The van der Waals surface area contributed by atoms with E-state index in [0.29, 0.717) is 11.0 Å². The number of ether oxygens (including phenoxy) is 1. The average molecular weight is 384 g/mol. The largest absolute Gasteiger partial charge is 0.481 e. The molecule has 0 bridgehead atoms. The molecule has 22 heavy (non-hydrogen) atoms. The molecule has 0 saturated heterocycles. The number of hydrogen-bond donors (Lipinski definition) is 1. The lowest BCUT2D eigenvalue weighted by molar-refractivity contribution is -0.123. The van der Waals surface area contributed by atoms with Crippen molar-refractivity contribution in [1.82, 2.24) is 14.7 Å². The number of amides is 1. The minimum absolute atomic E-state index is 0.0425. The van der Waals surface area contributed by atoms with E-state index in [1.165, 1.54) is 23.5 Å². The van der Waals surface area contributed by atoms with Gasteiger partial charge in [0.05, 0.1) is 12.2 Å². The Morgan fingerprint density at radius 1 is 1.50 bits per heavy atom. The Hall–Kier alpha value is -1.93. The van der Waals surface area contributed by atoms with E-state index in [2.05, 4.69) is 26.2 Å². The number of benzene rings is 1. The summed E-state index contributed by atoms with van der Waals surface area (Å²) in [7, 11) is 0. The number of nitrogens with one attached hydrogen (secondary N) is 1. The second-order valence-corrected chi connectivity index (χ2v) is 6.25. The molecule has 8 heteroatoms. The molecule has 0 saturated carbocycles. The summed E-state index contributed by atoms with van der Waals surface area (Å²) in [5.41, 5.74) is 0.759. The van der Waals surface area contributed by atoms with Crippen LogP contribution in [-0.4, -0.2) is 21.9 Å². The minimum atomic E-state index is -0.517. The van der Waals surface area contributed by atoms with Gasteiger partial charge in [0.1, 0.15) is 0 Å². The molecular weight excluding hydrogens is 373 g/mol. The third-order valence-electron chi connectivity index (χ3n) is 2.86. The molecule has 0 aliphatic rings. The molecule has 0 spiro atoms. The van der Waals surface area contributed by atoms with Gasteiger partial charge in [-0.05, 0) is 18.2 Å². The number of halogens is 2. The summed E-state index contributed by atoms with van der Waals surface area (Å²) in [5.74, 6) is -0.809. The van der Waals surface area contributed by atoms with Gasteiger partial charge in [0.15, 0.2) is 23.1 Å². The van der Waals surface area contributed by atoms with Crippen LogP contribution in [0.25, 0.3) is 4.96 Å². The topological polar surface area (TPSA) is 55.6 Å². The first-order valence-electron chi connectivity index (χ1n) is 6.37. The summed E-state index contributed by atoms with van der Waals surface area (Å²) in [6.07, 6.45) is 3.75. The molecular formula is C14H11BrFN3O2S. The molecule has 0 atom stereocenters. The van der Waals surface area contributed by atoms with Gasteiger partial charge in [-0.1, -0.05) is 15.9 Å². The number of hydrogen-bond acceptors (Lipinski definition) is 4. The lowest BCUT2D eigenvalue weighted by Crippen LogP contribution is -2.28. The van der Waals surface area contributed by atoms with E-state index in [1.807, 2.05) is 22.2 Å². The second kappa shape index (κ2) is 6.45. The number of aromatic nitrogens is 2. The van der Waals surface area contributed by atoms with Gasteiger partial charge in [-0.2, -0.15) is 0 Å². The molecule has 1 N–H and O–H groups in total. The number of fused-ring (bicyclic) bond motifs is 1. The molecule has 1 amide bonds. The average Bonchev–Trinajstić information content (AvgIpc) is 3.05. The molecule has 114 valence electrons. The molecule has 0 aliphatic heterocycles. The zero-order valence-electron chi connectivity index (χ0n) is 11.3. The van der Waals surface area contributed by atoms with E-state index < -0.39 is 5.82 Å². The lowest BCUT2D eigenvalue weighted by atomic mass is 10.3. The smallest absolute Gasteiger partial charge is 0.258 e. The Morgan fingerprint density at radius 2 is 2.36 bits per heavy atom. The number of nitrogens with zero attached hydrogens (tertiary/aromatic N) is 2. The van der Waals surface area contributed by atoms with Crippen LogP contribution in [-0.2, 0) is 11.3 Å². The summed E-state index contributed by atoms with van der Waals surface area (Å²) in [6, 6.07) is 4.40. The maximum Gasteiger partial charge on any atom is 0.258 e. The normalized spacial score (nSPS) is 10.8. The third-order valence-corrected chi connectivity index (χ3v) is 4.13. The van der Waals surface area contributed by atoms with Crippen LogP contribution in [0.3, 0.4) is 0 Å². The van der Waals surface area contributed by atoms with E-state index in [1.54, 1.807) is 6.07 Å². The fourth-order valence-electron chi connectivity index (χ4n) is 1.84. The van der Waals surface area contributed by atoms with Crippen molar-refractivity contribution in [3.63, 3.8) is 0 Å². The molecule has 0 aliphatic carbocycles. The van der Waals surface area contributed by atoms with Crippen molar-refractivity contribution < 1.29 is 13.9 Å². The molecule has 2 aromatic heterocycles. The fraction of sp³-hybridized carbons (Fsp3) is 0.143. The van der Waals surface area contributed by atoms with Gasteiger partial charge < -0.3 is 10.1 Å². The number of carbonyl (C=O) groups excluding carboxylic acids is 1. The highest BCUT2D eigenvalue weighted by molar-refractivity contribution is 9.10. The predicted molar refractivity (Wildman–Crippen MR) is 84.5 cm³/mol. The third kappa shape index (κ3) is 3.45. The van der Waals surface area contributed by atoms with Crippen LogP contribution in [0, 0.1) is 5.82 Å². The van der Waals surface area contributed by atoms with Crippen LogP contribution in [0.2, 0.25) is 0 Å². The van der Waals surface area contributed by atoms with Crippen molar-refractivity contribution in [2.45, 2.75) is 6.54 Å². The molecule has 5 nitrogen and oxygen atoms in total. The predicted octanol–water partition coefficient (Wildman–Crippen LogP) is 2.99. The van der Waals surface area contributed by atoms with Crippen LogP contribution in [0.4, 0.5) is 4.39 Å². The Bertz CT molecular complexity index is 789. The number of carbonyl (C=O) groups is 1. The van der Waals surface area contributed by atoms with Crippen LogP contribution in [0.1, 0.15) is 5.69 Å². The van der Waals surface area contributed by atoms with Crippen molar-refractivity contribution in [3.8, 4) is 5.75 Å². The first kappa shape index (κ1) is 15.0. The highest BCUT2D eigenvalue weighted by Gasteiger charge is 2.08. The SMILES string of the molecule is O=C(COc1ccc(Br)cc1F)NCc1cn2ccsc2n1. The van der Waals surface area contributed by atoms with E-state index in [-0.39, 0.29) is 18.3 Å². The molecule has 0 fully saturated rings. The van der Waals surface area contributed by atoms with Gasteiger partial charge >= 0.3 is 0 Å². The quantitative estimate of drug-likeness (QED) is 0.736. The van der Waals surface area contributed by atoms with E-state index in [0.717, 1.165) is 10.7 Å². The molecule has 3 rings (SSSR count). The number of rotatable bonds is 5.